The first-order valence-corrected chi connectivity index (χ1v) is 9.89. The third-order valence-electron chi connectivity index (χ3n) is 3.89. The Morgan fingerprint density at radius 3 is 2.46 bits per heavy atom. The van der Waals surface area contributed by atoms with Gasteiger partial charge < -0.3 is 9.84 Å². The summed E-state index contributed by atoms with van der Waals surface area (Å²) in [6.45, 7) is 2.18. The fourth-order valence-corrected chi connectivity index (χ4v) is 3.20. The van der Waals surface area contributed by atoms with Gasteiger partial charge in [0.25, 0.3) is 10.1 Å². The number of benzene rings is 2. The number of unbranched alkanes of at least 4 members (excludes halogenated alkanes) is 4. The van der Waals surface area contributed by atoms with Crippen LogP contribution in [0, 0.1) is 0 Å². The quantitative estimate of drug-likeness (QED) is 0.399. The van der Waals surface area contributed by atoms with Crippen molar-refractivity contribution in [2.75, 3.05) is 0 Å². The molecule has 0 bridgehead atoms. The van der Waals surface area contributed by atoms with Gasteiger partial charge in [-0.1, -0.05) is 50.8 Å². The molecule has 0 heterocycles. The van der Waals surface area contributed by atoms with Crippen molar-refractivity contribution in [2.45, 2.75) is 50.3 Å². The van der Waals surface area contributed by atoms with Crippen molar-refractivity contribution in [3.63, 3.8) is 0 Å². The fraction of sp³-hybridized carbons (Fsp3) is 0.368. The van der Waals surface area contributed by atoms with Gasteiger partial charge in [-0.05, 0) is 42.7 Å². The molecule has 0 radical (unpaired) electrons. The molecule has 0 amide bonds. The maximum Gasteiger partial charge on any atom is 1.00 e. The largest absolute Gasteiger partial charge is 1.00 e. The molecular formula is C19H23NaO5S. The van der Waals surface area contributed by atoms with Crippen LogP contribution in [0.3, 0.4) is 0 Å². The molecule has 0 unspecified atom stereocenters. The maximum absolute atomic E-state index is 11.5. The molecule has 5 nitrogen and oxygen atoms in total. The third-order valence-corrected chi connectivity index (χ3v) is 4.78. The molecule has 0 atom stereocenters. The van der Waals surface area contributed by atoms with Gasteiger partial charge in [-0.15, -0.1) is 5.75 Å². The van der Waals surface area contributed by atoms with Gasteiger partial charge in [0.05, 0.1) is 0 Å². The molecule has 0 aliphatic rings. The molecule has 0 fully saturated rings. The smallest absolute Gasteiger partial charge is 0.872 e. The molecule has 2 rings (SSSR count). The minimum absolute atomic E-state index is 0. The Kier molecular flexibility index (Phi) is 9.68. The summed E-state index contributed by atoms with van der Waals surface area (Å²) in [6.07, 6.45) is 6.83. The zero-order valence-corrected chi connectivity index (χ0v) is 18.1. The van der Waals surface area contributed by atoms with E-state index in [2.05, 4.69) is 6.92 Å². The summed E-state index contributed by atoms with van der Waals surface area (Å²) in [6, 6.07) is 10.5. The molecule has 2 aromatic rings. The number of aryl methyl sites for hydroxylation is 1. The molecule has 0 aliphatic heterocycles. The van der Waals surface area contributed by atoms with E-state index < -0.39 is 20.8 Å². The normalized spacial score (nSPS) is 11.0. The first kappa shape index (κ1) is 23.0. The van der Waals surface area contributed by atoms with Crippen molar-refractivity contribution in [1.82, 2.24) is 0 Å². The van der Waals surface area contributed by atoms with Crippen molar-refractivity contribution in [1.29, 1.82) is 0 Å². The van der Waals surface area contributed by atoms with Crippen LogP contribution in [-0.4, -0.2) is 13.0 Å². The van der Waals surface area contributed by atoms with E-state index in [9.17, 15) is 18.1 Å². The molecule has 1 N–H and O–H groups in total. The van der Waals surface area contributed by atoms with Crippen LogP contribution >= 0.6 is 0 Å². The van der Waals surface area contributed by atoms with Gasteiger partial charge in [0.15, 0.2) is 0 Å². The number of hydrogen-bond donors (Lipinski definition) is 1. The van der Waals surface area contributed by atoms with Gasteiger partial charge in [-0.3, -0.25) is 4.55 Å². The second kappa shape index (κ2) is 10.9. The Hall–Kier alpha value is -1.05. The van der Waals surface area contributed by atoms with E-state index in [1.165, 1.54) is 25.7 Å². The van der Waals surface area contributed by atoms with Gasteiger partial charge in [-0.2, -0.15) is 8.42 Å². The van der Waals surface area contributed by atoms with Crippen molar-refractivity contribution >= 4 is 10.1 Å². The zero-order chi connectivity index (χ0) is 18.3. The Balaban J connectivity index is 0.00000338. The van der Waals surface area contributed by atoms with E-state index in [1.807, 2.05) is 18.2 Å². The van der Waals surface area contributed by atoms with E-state index >= 15 is 0 Å². The van der Waals surface area contributed by atoms with Gasteiger partial charge in [0, 0.05) is 0 Å². The van der Waals surface area contributed by atoms with Crippen LogP contribution < -0.4 is 39.4 Å². The van der Waals surface area contributed by atoms with Crippen molar-refractivity contribution in [3.05, 3.63) is 48.0 Å². The Labute approximate surface area is 177 Å². The van der Waals surface area contributed by atoms with Crippen molar-refractivity contribution < 1.29 is 52.4 Å². The molecule has 0 aromatic heterocycles. The molecular weight excluding hydrogens is 363 g/mol. The van der Waals surface area contributed by atoms with Gasteiger partial charge in [0.2, 0.25) is 0 Å². The molecule has 136 valence electrons. The van der Waals surface area contributed by atoms with Crippen molar-refractivity contribution in [2.24, 2.45) is 0 Å². The van der Waals surface area contributed by atoms with Crippen LogP contribution in [0.2, 0.25) is 0 Å². The number of hydrogen-bond acceptors (Lipinski definition) is 4. The topological polar surface area (TPSA) is 86.7 Å². The number of ether oxygens (including phenoxy) is 1. The molecule has 0 saturated carbocycles. The molecule has 0 saturated heterocycles. The summed E-state index contributed by atoms with van der Waals surface area (Å²) in [7, 11) is -4.47. The molecule has 7 heteroatoms. The van der Waals surface area contributed by atoms with E-state index in [4.69, 9.17) is 4.74 Å². The van der Waals surface area contributed by atoms with Crippen LogP contribution in [0.25, 0.3) is 0 Å². The summed E-state index contributed by atoms with van der Waals surface area (Å²) >= 11 is 0. The van der Waals surface area contributed by atoms with E-state index in [1.54, 1.807) is 6.07 Å². The van der Waals surface area contributed by atoms with Gasteiger partial charge in [-0.25, -0.2) is 0 Å². The minimum Gasteiger partial charge on any atom is -0.872 e. The van der Waals surface area contributed by atoms with Crippen LogP contribution in [-0.2, 0) is 16.5 Å². The van der Waals surface area contributed by atoms with Gasteiger partial charge in [0.1, 0.15) is 16.4 Å². The zero-order valence-electron chi connectivity index (χ0n) is 15.3. The minimum atomic E-state index is -4.47. The summed E-state index contributed by atoms with van der Waals surface area (Å²) in [5.74, 6) is -0.133. The molecule has 26 heavy (non-hydrogen) atoms. The maximum atomic E-state index is 11.5. The summed E-state index contributed by atoms with van der Waals surface area (Å²) < 4.78 is 37.7. The molecule has 0 aliphatic carbocycles. The third kappa shape index (κ3) is 7.29. The van der Waals surface area contributed by atoms with Crippen molar-refractivity contribution in [3.8, 4) is 17.2 Å². The average Bonchev–Trinajstić information content (AvgIpc) is 2.54. The second-order valence-electron chi connectivity index (χ2n) is 6.00. The van der Waals surface area contributed by atoms with Crippen LogP contribution in [0.5, 0.6) is 17.2 Å². The van der Waals surface area contributed by atoms with E-state index in [0.717, 1.165) is 36.6 Å². The van der Waals surface area contributed by atoms with E-state index in [0.29, 0.717) is 5.75 Å². The van der Waals surface area contributed by atoms with E-state index in [-0.39, 0.29) is 35.3 Å². The molecule has 0 spiro atoms. The van der Waals surface area contributed by atoms with Gasteiger partial charge >= 0.3 is 29.6 Å². The molecule has 2 aromatic carbocycles. The Morgan fingerprint density at radius 1 is 1.04 bits per heavy atom. The first-order valence-electron chi connectivity index (χ1n) is 8.45. The summed E-state index contributed by atoms with van der Waals surface area (Å²) in [5, 5.41) is 11.5. The Morgan fingerprint density at radius 2 is 1.77 bits per heavy atom. The van der Waals surface area contributed by atoms with Crippen LogP contribution in [0.1, 0.15) is 44.6 Å². The Bertz CT molecular complexity index is 805. The second-order valence-corrected chi connectivity index (χ2v) is 7.39. The first-order chi connectivity index (χ1) is 11.9. The number of rotatable bonds is 9. The predicted octanol–water partition coefficient (Wildman–Crippen LogP) is 1.32. The predicted molar refractivity (Wildman–Crippen MR) is 94.7 cm³/mol. The summed E-state index contributed by atoms with van der Waals surface area (Å²) in [4.78, 5) is -0.419. The SMILES string of the molecule is CCCCCCCc1cccc(Oc2cc([O-])ccc2S(=O)(=O)O)c1.[Na+]. The average molecular weight is 386 g/mol. The monoisotopic (exact) mass is 386 g/mol. The van der Waals surface area contributed by atoms with Crippen LogP contribution in [0.15, 0.2) is 47.4 Å². The fourth-order valence-electron chi connectivity index (χ4n) is 2.61. The van der Waals surface area contributed by atoms with Crippen LogP contribution in [0.4, 0.5) is 0 Å². The standard InChI is InChI=1S/C19H24O5S.Na/c1-2-3-4-5-6-8-15-9-7-10-17(13-15)24-18-14-16(20)11-12-19(18)25(21,22)23;/h7,9-14,20H,2-6,8H2,1H3,(H,21,22,23);/q;+1/p-1. The summed E-state index contributed by atoms with van der Waals surface area (Å²) in [5.41, 5.74) is 1.08.